The summed E-state index contributed by atoms with van der Waals surface area (Å²) in [5.41, 5.74) is 0. The quantitative estimate of drug-likeness (QED) is 0.697. The third kappa shape index (κ3) is 8.42. The minimum Gasteiger partial charge on any atom is -0.481 e. The molecule has 2 N–H and O–H groups in total. The Kier molecular flexibility index (Phi) is 8.14. The number of carboxylic acids is 1. The Morgan fingerprint density at radius 3 is 2.16 bits per heavy atom. The van der Waals surface area contributed by atoms with Gasteiger partial charge in [0.2, 0.25) is 0 Å². The summed E-state index contributed by atoms with van der Waals surface area (Å²) in [4.78, 5) is 26.3. The Morgan fingerprint density at radius 1 is 1.16 bits per heavy atom. The van der Waals surface area contributed by atoms with Crippen molar-refractivity contribution in [2.45, 2.75) is 45.7 Å². The van der Waals surface area contributed by atoms with Crippen LogP contribution in [0.15, 0.2) is 0 Å². The number of carbonyl (C=O) groups is 2. The normalized spacial score (nSPS) is 12.6. The van der Waals surface area contributed by atoms with Crippen LogP contribution >= 0.6 is 0 Å². The van der Waals surface area contributed by atoms with Gasteiger partial charge in [0.05, 0.1) is 6.42 Å². The predicted molar refractivity (Wildman–Crippen MR) is 75.3 cm³/mol. The molecule has 0 aliphatic rings. The van der Waals surface area contributed by atoms with Crippen molar-refractivity contribution in [2.24, 2.45) is 0 Å². The fraction of sp³-hybridized carbons (Fsp3) is 0.846. The second-order valence-corrected chi connectivity index (χ2v) is 5.37. The lowest BCUT2D eigenvalue weighted by molar-refractivity contribution is -0.137. The van der Waals surface area contributed by atoms with Crippen LogP contribution in [0.5, 0.6) is 0 Å². The molecule has 1 unspecified atom stereocenters. The van der Waals surface area contributed by atoms with Crippen LogP contribution < -0.4 is 5.32 Å². The number of nitrogens with zero attached hydrogens (tertiary/aromatic N) is 2. The van der Waals surface area contributed by atoms with E-state index in [0.29, 0.717) is 0 Å². The highest BCUT2D eigenvalue weighted by atomic mass is 16.4. The Hall–Kier alpha value is -1.30. The van der Waals surface area contributed by atoms with Crippen LogP contribution in [0.1, 0.15) is 33.6 Å². The summed E-state index contributed by atoms with van der Waals surface area (Å²) >= 11 is 0. The van der Waals surface area contributed by atoms with Crippen LogP contribution in [-0.4, -0.2) is 66.2 Å². The topological polar surface area (TPSA) is 72.9 Å². The van der Waals surface area contributed by atoms with Gasteiger partial charge in [-0.3, -0.25) is 4.79 Å². The van der Waals surface area contributed by atoms with Gasteiger partial charge in [-0.25, -0.2) is 4.79 Å². The molecule has 19 heavy (non-hydrogen) atoms. The molecule has 0 saturated heterocycles. The minimum absolute atomic E-state index is 0.0135. The van der Waals surface area contributed by atoms with Crippen molar-refractivity contribution in [3.05, 3.63) is 0 Å². The SMILES string of the molecule is CC(CCN(C)C)NC(=O)N(CCC(=O)O)C(C)C. The van der Waals surface area contributed by atoms with Crippen molar-refractivity contribution in [3.63, 3.8) is 0 Å². The van der Waals surface area contributed by atoms with Crippen LogP contribution in [0.2, 0.25) is 0 Å². The average Bonchev–Trinajstić information content (AvgIpc) is 2.25. The first-order chi connectivity index (χ1) is 8.73. The molecule has 0 bridgehead atoms. The average molecular weight is 273 g/mol. The molecule has 0 aromatic heterocycles. The molecule has 0 fully saturated rings. The van der Waals surface area contributed by atoms with E-state index in [4.69, 9.17) is 5.11 Å². The zero-order valence-electron chi connectivity index (χ0n) is 12.6. The molecular formula is C13H27N3O3. The van der Waals surface area contributed by atoms with E-state index in [1.807, 2.05) is 34.9 Å². The van der Waals surface area contributed by atoms with Gasteiger partial charge in [0, 0.05) is 18.6 Å². The lowest BCUT2D eigenvalue weighted by atomic mass is 10.2. The van der Waals surface area contributed by atoms with E-state index < -0.39 is 5.97 Å². The predicted octanol–water partition coefficient (Wildman–Crippen LogP) is 1.22. The number of nitrogens with one attached hydrogen (secondary N) is 1. The van der Waals surface area contributed by atoms with Gasteiger partial charge in [-0.2, -0.15) is 0 Å². The van der Waals surface area contributed by atoms with Gasteiger partial charge in [0.1, 0.15) is 0 Å². The van der Waals surface area contributed by atoms with E-state index in [-0.39, 0.29) is 31.1 Å². The first kappa shape index (κ1) is 17.7. The van der Waals surface area contributed by atoms with Crippen LogP contribution in [0, 0.1) is 0 Å². The fourth-order valence-electron chi connectivity index (χ4n) is 1.63. The minimum atomic E-state index is -0.890. The largest absolute Gasteiger partial charge is 0.481 e. The number of amides is 2. The van der Waals surface area contributed by atoms with Crippen molar-refractivity contribution < 1.29 is 14.7 Å². The maximum absolute atomic E-state index is 12.1. The van der Waals surface area contributed by atoms with Gasteiger partial charge in [0.15, 0.2) is 0 Å². The summed E-state index contributed by atoms with van der Waals surface area (Å²) in [5, 5.41) is 11.6. The molecule has 0 rings (SSSR count). The van der Waals surface area contributed by atoms with E-state index in [1.54, 1.807) is 4.90 Å². The highest BCUT2D eigenvalue weighted by molar-refractivity contribution is 5.75. The van der Waals surface area contributed by atoms with Crippen molar-refractivity contribution >= 4 is 12.0 Å². The molecule has 0 aliphatic carbocycles. The highest BCUT2D eigenvalue weighted by Crippen LogP contribution is 2.02. The van der Waals surface area contributed by atoms with E-state index in [1.165, 1.54) is 0 Å². The smallest absolute Gasteiger partial charge is 0.317 e. The van der Waals surface area contributed by atoms with Crippen molar-refractivity contribution in [3.8, 4) is 0 Å². The fourth-order valence-corrected chi connectivity index (χ4v) is 1.63. The maximum atomic E-state index is 12.1. The third-order valence-electron chi connectivity index (χ3n) is 2.83. The molecule has 0 aliphatic heterocycles. The first-order valence-corrected chi connectivity index (χ1v) is 6.67. The van der Waals surface area contributed by atoms with Gasteiger partial charge in [-0.1, -0.05) is 0 Å². The maximum Gasteiger partial charge on any atom is 0.317 e. The molecule has 0 aromatic rings. The zero-order chi connectivity index (χ0) is 15.0. The van der Waals surface area contributed by atoms with Gasteiger partial charge in [-0.05, 0) is 47.8 Å². The summed E-state index contributed by atoms with van der Waals surface area (Å²) < 4.78 is 0. The molecule has 0 saturated carbocycles. The van der Waals surface area contributed by atoms with Gasteiger partial charge in [-0.15, -0.1) is 0 Å². The second-order valence-electron chi connectivity index (χ2n) is 5.37. The molecule has 2 amide bonds. The van der Waals surface area contributed by atoms with Crippen LogP contribution in [0.3, 0.4) is 0 Å². The van der Waals surface area contributed by atoms with E-state index in [2.05, 4.69) is 10.2 Å². The Labute approximate surface area is 115 Å². The Morgan fingerprint density at radius 2 is 1.74 bits per heavy atom. The molecule has 112 valence electrons. The Bertz CT molecular complexity index is 293. The summed E-state index contributed by atoms with van der Waals surface area (Å²) in [6.07, 6.45) is 0.835. The number of urea groups is 1. The highest BCUT2D eigenvalue weighted by Gasteiger charge is 2.19. The van der Waals surface area contributed by atoms with Crippen molar-refractivity contribution in [2.75, 3.05) is 27.2 Å². The molecule has 0 heterocycles. The van der Waals surface area contributed by atoms with Gasteiger partial charge in [0.25, 0.3) is 0 Å². The summed E-state index contributed by atoms with van der Waals surface area (Å²) in [6.45, 7) is 6.85. The number of hydrogen-bond donors (Lipinski definition) is 2. The molecule has 1 atom stereocenters. The monoisotopic (exact) mass is 273 g/mol. The third-order valence-corrected chi connectivity index (χ3v) is 2.83. The summed E-state index contributed by atoms with van der Waals surface area (Å²) in [6, 6.07) is -0.135. The zero-order valence-corrected chi connectivity index (χ0v) is 12.6. The van der Waals surface area contributed by atoms with Crippen LogP contribution in [0.25, 0.3) is 0 Å². The van der Waals surface area contributed by atoms with Crippen molar-refractivity contribution in [1.82, 2.24) is 15.1 Å². The van der Waals surface area contributed by atoms with Crippen molar-refractivity contribution in [1.29, 1.82) is 0 Å². The lowest BCUT2D eigenvalue weighted by Gasteiger charge is -2.28. The molecule has 6 heteroatoms. The molecular weight excluding hydrogens is 246 g/mol. The molecule has 6 nitrogen and oxygen atoms in total. The number of rotatable bonds is 8. The van der Waals surface area contributed by atoms with Gasteiger partial charge >= 0.3 is 12.0 Å². The number of carbonyl (C=O) groups excluding carboxylic acids is 1. The summed E-state index contributed by atoms with van der Waals surface area (Å²) in [7, 11) is 3.98. The van der Waals surface area contributed by atoms with E-state index >= 15 is 0 Å². The second kappa shape index (κ2) is 8.74. The lowest BCUT2D eigenvalue weighted by Crippen LogP contribution is -2.48. The molecule has 0 spiro atoms. The van der Waals surface area contributed by atoms with Crippen LogP contribution in [0.4, 0.5) is 4.79 Å². The first-order valence-electron chi connectivity index (χ1n) is 6.67. The number of aliphatic carboxylic acids is 1. The van der Waals surface area contributed by atoms with Crippen LogP contribution in [-0.2, 0) is 4.79 Å². The molecule has 0 radical (unpaired) electrons. The number of hydrogen-bond acceptors (Lipinski definition) is 3. The van der Waals surface area contributed by atoms with E-state index in [0.717, 1.165) is 13.0 Å². The number of carboxylic acid groups (broad SMARTS) is 1. The summed E-state index contributed by atoms with van der Waals surface area (Å²) in [5.74, 6) is -0.890. The Balaban J connectivity index is 4.27. The van der Waals surface area contributed by atoms with Gasteiger partial charge < -0.3 is 20.2 Å². The van der Waals surface area contributed by atoms with E-state index in [9.17, 15) is 9.59 Å². The standard InChI is InChI=1S/C13H27N3O3/c1-10(2)16(9-7-12(17)18)13(19)14-11(3)6-8-15(4)5/h10-11H,6-9H2,1-5H3,(H,14,19)(H,17,18). The molecule has 0 aromatic carbocycles.